The predicted molar refractivity (Wildman–Crippen MR) is 110 cm³/mol. The Balaban J connectivity index is 1.74. The molecule has 1 aliphatic rings. The summed E-state index contributed by atoms with van der Waals surface area (Å²) in [6.45, 7) is 9.96. The molecule has 0 amide bonds. The van der Waals surface area contributed by atoms with Crippen molar-refractivity contribution in [2.45, 2.75) is 39.3 Å². The van der Waals surface area contributed by atoms with Gasteiger partial charge in [-0.25, -0.2) is 9.97 Å². The Kier molecular flexibility index (Phi) is 7.60. The molecule has 5 nitrogen and oxygen atoms in total. The van der Waals surface area contributed by atoms with Crippen LogP contribution >= 0.6 is 0 Å². The number of benzene rings is 1. The van der Waals surface area contributed by atoms with Crippen LogP contribution in [-0.4, -0.2) is 53.8 Å². The standard InChI is InChI=1S/C22H32N4O/c1-19(2)17-27-18-21(25-13-6-7-14-25)16-26(22-23-11-8-12-24-22)15-20-9-4-3-5-10-20/h3-5,8-12,19,21H,6-7,13-18H2,1-2H3. The first kappa shape index (κ1) is 19.8. The van der Waals surface area contributed by atoms with Crippen molar-refractivity contribution in [3.63, 3.8) is 0 Å². The highest BCUT2D eigenvalue weighted by molar-refractivity contribution is 5.32. The minimum atomic E-state index is 0.360. The molecule has 1 saturated heterocycles. The molecule has 1 aromatic carbocycles. The summed E-state index contributed by atoms with van der Waals surface area (Å²) in [6.07, 6.45) is 6.20. The van der Waals surface area contributed by atoms with Crippen molar-refractivity contribution in [2.75, 3.05) is 37.7 Å². The third kappa shape index (κ3) is 6.29. The highest BCUT2D eigenvalue weighted by Gasteiger charge is 2.25. The number of ether oxygens (including phenoxy) is 1. The summed E-state index contributed by atoms with van der Waals surface area (Å²) >= 11 is 0. The Morgan fingerprint density at radius 1 is 1.00 bits per heavy atom. The van der Waals surface area contributed by atoms with Crippen LogP contribution in [0.25, 0.3) is 0 Å². The molecule has 146 valence electrons. The molecule has 0 bridgehead atoms. The van der Waals surface area contributed by atoms with E-state index >= 15 is 0 Å². The van der Waals surface area contributed by atoms with E-state index in [2.05, 4.69) is 63.9 Å². The molecule has 0 aliphatic carbocycles. The molecule has 1 unspecified atom stereocenters. The molecule has 1 aromatic heterocycles. The molecule has 0 N–H and O–H groups in total. The van der Waals surface area contributed by atoms with Crippen molar-refractivity contribution < 1.29 is 4.74 Å². The summed E-state index contributed by atoms with van der Waals surface area (Å²) in [5, 5.41) is 0. The number of aromatic nitrogens is 2. The van der Waals surface area contributed by atoms with Gasteiger partial charge >= 0.3 is 0 Å². The molecular formula is C22H32N4O. The minimum absolute atomic E-state index is 0.360. The van der Waals surface area contributed by atoms with Crippen LogP contribution in [0.15, 0.2) is 48.8 Å². The number of rotatable bonds is 10. The summed E-state index contributed by atoms with van der Waals surface area (Å²) in [5.41, 5.74) is 1.27. The number of hydrogen-bond donors (Lipinski definition) is 0. The lowest BCUT2D eigenvalue weighted by Gasteiger charge is -2.33. The van der Waals surface area contributed by atoms with Crippen LogP contribution in [0.1, 0.15) is 32.3 Å². The SMILES string of the molecule is CC(C)COCC(CN(Cc1ccccc1)c1ncccn1)N1CCCC1. The highest BCUT2D eigenvalue weighted by Crippen LogP contribution is 2.18. The maximum atomic E-state index is 6.05. The van der Waals surface area contributed by atoms with Gasteiger partial charge in [0.2, 0.25) is 5.95 Å². The molecule has 2 heterocycles. The summed E-state index contributed by atoms with van der Waals surface area (Å²) in [6, 6.07) is 12.8. The van der Waals surface area contributed by atoms with E-state index in [1.807, 2.05) is 18.5 Å². The van der Waals surface area contributed by atoms with Gasteiger partial charge in [0.1, 0.15) is 0 Å². The van der Waals surface area contributed by atoms with E-state index < -0.39 is 0 Å². The van der Waals surface area contributed by atoms with Gasteiger partial charge < -0.3 is 9.64 Å². The van der Waals surface area contributed by atoms with Gasteiger partial charge in [0.25, 0.3) is 0 Å². The quantitative estimate of drug-likeness (QED) is 0.641. The van der Waals surface area contributed by atoms with Gasteiger partial charge in [0, 0.05) is 32.1 Å². The van der Waals surface area contributed by atoms with Gasteiger partial charge in [0.05, 0.1) is 12.6 Å². The van der Waals surface area contributed by atoms with E-state index in [9.17, 15) is 0 Å². The first-order valence-electron chi connectivity index (χ1n) is 10.1. The molecule has 1 atom stereocenters. The van der Waals surface area contributed by atoms with Gasteiger partial charge in [-0.15, -0.1) is 0 Å². The second-order valence-corrected chi connectivity index (χ2v) is 7.74. The first-order valence-corrected chi connectivity index (χ1v) is 10.1. The average molecular weight is 369 g/mol. The number of likely N-dealkylation sites (tertiary alicyclic amines) is 1. The van der Waals surface area contributed by atoms with Crippen LogP contribution in [0, 0.1) is 5.92 Å². The number of hydrogen-bond acceptors (Lipinski definition) is 5. The number of anilines is 1. The van der Waals surface area contributed by atoms with Crippen molar-refractivity contribution >= 4 is 5.95 Å². The molecule has 0 radical (unpaired) electrons. The summed E-state index contributed by atoms with van der Waals surface area (Å²) in [4.78, 5) is 13.9. The maximum absolute atomic E-state index is 6.05. The fourth-order valence-corrected chi connectivity index (χ4v) is 3.55. The zero-order chi connectivity index (χ0) is 18.9. The van der Waals surface area contributed by atoms with Gasteiger partial charge in [-0.1, -0.05) is 44.2 Å². The first-order chi connectivity index (χ1) is 13.2. The lowest BCUT2D eigenvalue weighted by Crippen LogP contribution is -2.46. The van der Waals surface area contributed by atoms with Crippen LogP contribution in [0.4, 0.5) is 5.95 Å². The zero-order valence-corrected chi connectivity index (χ0v) is 16.6. The second-order valence-electron chi connectivity index (χ2n) is 7.74. The molecule has 0 spiro atoms. The van der Waals surface area contributed by atoms with Crippen molar-refractivity contribution in [3.8, 4) is 0 Å². The normalized spacial score (nSPS) is 16.0. The van der Waals surface area contributed by atoms with Crippen molar-refractivity contribution in [1.29, 1.82) is 0 Å². The van der Waals surface area contributed by atoms with Crippen LogP contribution in [0.3, 0.4) is 0 Å². The Hall–Kier alpha value is -1.98. The molecule has 3 rings (SSSR count). The van der Waals surface area contributed by atoms with E-state index in [1.165, 1.54) is 18.4 Å². The third-order valence-electron chi connectivity index (χ3n) is 4.90. The van der Waals surface area contributed by atoms with Gasteiger partial charge in [-0.05, 0) is 43.5 Å². The molecule has 2 aromatic rings. The molecule has 1 fully saturated rings. The van der Waals surface area contributed by atoms with E-state index in [0.717, 1.165) is 45.3 Å². The smallest absolute Gasteiger partial charge is 0.225 e. The predicted octanol–water partition coefficient (Wildman–Crippen LogP) is 3.62. The monoisotopic (exact) mass is 368 g/mol. The number of nitrogens with zero attached hydrogens (tertiary/aromatic N) is 4. The molecule has 5 heteroatoms. The summed E-state index contributed by atoms with van der Waals surface area (Å²) < 4.78 is 6.05. The highest BCUT2D eigenvalue weighted by atomic mass is 16.5. The molecule has 0 saturated carbocycles. The molecule has 27 heavy (non-hydrogen) atoms. The van der Waals surface area contributed by atoms with E-state index in [-0.39, 0.29) is 0 Å². The average Bonchev–Trinajstić information content (AvgIpc) is 3.22. The van der Waals surface area contributed by atoms with E-state index in [1.54, 1.807) is 0 Å². The zero-order valence-electron chi connectivity index (χ0n) is 16.6. The summed E-state index contributed by atoms with van der Waals surface area (Å²) in [7, 11) is 0. The lowest BCUT2D eigenvalue weighted by molar-refractivity contribution is 0.0566. The lowest BCUT2D eigenvalue weighted by atomic mass is 10.2. The second kappa shape index (κ2) is 10.4. The van der Waals surface area contributed by atoms with Crippen LogP contribution in [-0.2, 0) is 11.3 Å². The topological polar surface area (TPSA) is 41.5 Å². The fraction of sp³-hybridized carbons (Fsp3) is 0.545. The van der Waals surface area contributed by atoms with E-state index in [0.29, 0.717) is 12.0 Å². The van der Waals surface area contributed by atoms with Crippen LogP contribution < -0.4 is 4.90 Å². The van der Waals surface area contributed by atoms with E-state index in [4.69, 9.17) is 4.74 Å². The fourth-order valence-electron chi connectivity index (χ4n) is 3.55. The summed E-state index contributed by atoms with van der Waals surface area (Å²) in [5.74, 6) is 1.34. The van der Waals surface area contributed by atoms with Crippen molar-refractivity contribution in [2.24, 2.45) is 5.92 Å². The van der Waals surface area contributed by atoms with Crippen molar-refractivity contribution in [1.82, 2.24) is 14.9 Å². The largest absolute Gasteiger partial charge is 0.379 e. The maximum Gasteiger partial charge on any atom is 0.225 e. The molecular weight excluding hydrogens is 336 g/mol. The Morgan fingerprint density at radius 3 is 2.37 bits per heavy atom. The van der Waals surface area contributed by atoms with Crippen LogP contribution in [0.5, 0.6) is 0 Å². The van der Waals surface area contributed by atoms with Gasteiger partial charge in [-0.2, -0.15) is 0 Å². The van der Waals surface area contributed by atoms with Gasteiger partial charge in [0.15, 0.2) is 0 Å². The van der Waals surface area contributed by atoms with Gasteiger partial charge in [-0.3, -0.25) is 4.90 Å². The Bertz CT molecular complexity index is 644. The third-order valence-corrected chi connectivity index (χ3v) is 4.90. The van der Waals surface area contributed by atoms with Crippen LogP contribution in [0.2, 0.25) is 0 Å². The molecule has 1 aliphatic heterocycles. The Morgan fingerprint density at radius 2 is 1.70 bits per heavy atom. The Labute approximate surface area is 163 Å². The van der Waals surface area contributed by atoms with Crippen molar-refractivity contribution in [3.05, 3.63) is 54.4 Å². The minimum Gasteiger partial charge on any atom is -0.379 e.